The Labute approximate surface area is 120 Å². The van der Waals surface area contributed by atoms with E-state index in [0.29, 0.717) is 5.75 Å². The molecule has 4 rings (SSSR count). The third-order valence-corrected chi connectivity index (χ3v) is 4.15. The number of aryl methyl sites for hydroxylation is 1. The number of aromatic nitrogens is 1. The molecule has 0 spiro atoms. The van der Waals surface area contributed by atoms with Crippen LogP contribution in [0.3, 0.4) is 0 Å². The second-order valence-electron chi connectivity index (χ2n) is 5.38. The minimum atomic E-state index is -0.349. The van der Waals surface area contributed by atoms with Crippen molar-refractivity contribution in [2.75, 3.05) is 6.79 Å². The van der Waals surface area contributed by atoms with Crippen molar-refractivity contribution >= 4 is 17.0 Å². The maximum atomic E-state index is 10.9. The fraction of sp³-hybridized carbons (Fsp3) is 0.333. The zero-order valence-electron chi connectivity index (χ0n) is 11.6. The summed E-state index contributed by atoms with van der Waals surface area (Å²) < 4.78 is 13.1. The van der Waals surface area contributed by atoms with Crippen LogP contribution in [0.25, 0.3) is 17.0 Å². The normalized spacial score (nSPS) is 16.5. The molecule has 2 aliphatic heterocycles. The molecule has 0 saturated carbocycles. The fourth-order valence-corrected chi connectivity index (χ4v) is 3.17. The molecule has 3 heterocycles. The van der Waals surface area contributed by atoms with E-state index >= 15 is 0 Å². The lowest BCUT2D eigenvalue weighted by atomic mass is 10.1. The smallest absolute Gasteiger partial charge is 0.243 e. The van der Waals surface area contributed by atoms with E-state index in [-0.39, 0.29) is 17.4 Å². The molecule has 0 atom stereocenters. The van der Waals surface area contributed by atoms with Crippen molar-refractivity contribution in [2.45, 2.75) is 26.3 Å². The van der Waals surface area contributed by atoms with Gasteiger partial charge in [0, 0.05) is 42.3 Å². The predicted molar refractivity (Wildman–Crippen MR) is 77.0 cm³/mol. The minimum absolute atomic E-state index is 0.148. The van der Waals surface area contributed by atoms with Gasteiger partial charge in [0.2, 0.25) is 12.5 Å². The van der Waals surface area contributed by atoms with Crippen LogP contribution in [0.15, 0.2) is 17.8 Å². The van der Waals surface area contributed by atoms with Gasteiger partial charge in [0.25, 0.3) is 0 Å². The molecule has 1 aromatic carbocycles. The highest BCUT2D eigenvalue weighted by Gasteiger charge is 2.24. The average molecular weight is 286 g/mol. The van der Waals surface area contributed by atoms with Gasteiger partial charge in [-0.25, -0.2) is 0 Å². The van der Waals surface area contributed by atoms with Gasteiger partial charge in [-0.3, -0.25) is 10.1 Å². The molecule has 6 nitrogen and oxygen atoms in total. The number of ether oxygens (including phenoxy) is 2. The number of benzene rings is 1. The van der Waals surface area contributed by atoms with E-state index in [1.54, 1.807) is 6.08 Å². The molecule has 0 bridgehead atoms. The first kappa shape index (κ1) is 12.3. The first-order chi connectivity index (χ1) is 10.1. The van der Waals surface area contributed by atoms with E-state index in [1.165, 1.54) is 6.92 Å². The summed E-state index contributed by atoms with van der Waals surface area (Å²) in [5.41, 5.74) is 3.31. The molecule has 2 aliphatic rings. The van der Waals surface area contributed by atoms with E-state index in [2.05, 4.69) is 4.57 Å². The zero-order valence-corrected chi connectivity index (χ0v) is 11.6. The van der Waals surface area contributed by atoms with Crippen LogP contribution >= 0.6 is 0 Å². The zero-order chi connectivity index (χ0) is 14.6. The molecule has 0 saturated heterocycles. The first-order valence-corrected chi connectivity index (χ1v) is 6.92. The lowest BCUT2D eigenvalue weighted by Crippen LogP contribution is -1.95. The third kappa shape index (κ3) is 1.72. The van der Waals surface area contributed by atoms with Crippen molar-refractivity contribution in [1.29, 1.82) is 0 Å². The third-order valence-electron chi connectivity index (χ3n) is 4.15. The second-order valence-corrected chi connectivity index (χ2v) is 5.38. The SMILES string of the molecule is C/C(=C\c1c2n(c3cc4c(cc13)OCO4)CCC2)[N+](=O)[O-]. The monoisotopic (exact) mass is 286 g/mol. The molecule has 21 heavy (non-hydrogen) atoms. The molecule has 0 amide bonds. The van der Waals surface area contributed by atoms with Gasteiger partial charge < -0.3 is 14.0 Å². The highest BCUT2D eigenvalue weighted by atomic mass is 16.7. The van der Waals surface area contributed by atoms with E-state index in [9.17, 15) is 10.1 Å². The van der Waals surface area contributed by atoms with Crippen molar-refractivity contribution in [3.8, 4) is 11.5 Å². The van der Waals surface area contributed by atoms with Crippen LogP contribution in [-0.4, -0.2) is 16.3 Å². The first-order valence-electron chi connectivity index (χ1n) is 6.92. The average Bonchev–Trinajstić information content (AvgIpc) is 3.14. The Bertz CT molecular complexity index is 804. The van der Waals surface area contributed by atoms with Crippen LogP contribution in [0.1, 0.15) is 24.6 Å². The van der Waals surface area contributed by atoms with Gasteiger partial charge in [0.05, 0.1) is 10.4 Å². The number of nitro groups is 1. The van der Waals surface area contributed by atoms with Gasteiger partial charge in [0.15, 0.2) is 11.5 Å². The molecule has 0 fully saturated rings. The number of rotatable bonds is 2. The number of allylic oxidation sites excluding steroid dienone is 1. The van der Waals surface area contributed by atoms with Crippen molar-refractivity contribution in [3.05, 3.63) is 39.2 Å². The molecular weight excluding hydrogens is 272 g/mol. The lowest BCUT2D eigenvalue weighted by molar-refractivity contribution is -0.422. The Morgan fingerprint density at radius 2 is 2.14 bits per heavy atom. The number of nitrogens with zero attached hydrogens (tertiary/aromatic N) is 2. The van der Waals surface area contributed by atoms with Crippen molar-refractivity contribution in [3.63, 3.8) is 0 Å². The van der Waals surface area contributed by atoms with E-state index < -0.39 is 0 Å². The second kappa shape index (κ2) is 4.25. The highest BCUT2D eigenvalue weighted by molar-refractivity contribution is 5.94. The molecule has 0 aliphatic carbocycles. The molecule has 6 heteroatoms. The van der Waals surface area contributed by atoms with Gasteiger partial charge in [0.1, 0.15) is 0 Å². The van der Waals surface area contributed by atoms with Crippen LogP contribution in [-0.2, 0) is 13.0 Å². The fourth-order valence-electron chi connectivity index (χ4n) is 3.17. The van der Waals surface area contributed by atoms with Crippen LogP contribution in [0.5, 0.6) is 11.5 Å². The minimum Gasteiger partial charge on any atom is -0.454 e. The summed E-state index contributed by atoms with van der Waals surface area (Å²) in [4.78, 5) is 10.6. The topological polar surface area (TPSA) is 66.5 Å². The standard InChI is InChI=1S/C15H14N2O4/c1-9(17(18)19)5-10-11-6-14-15(21-8-20-14)7-13(11)16-4-2-3-12(10)16/h5-7H,2-4,8H2,1H3/b9-5+. The molecule has 108 valence electrons. The summed E-state index contributed by atoms with van der Waals surface area (Å²) in [5, 5.41) is 11.9. The van der Waals surface area contributed by atoms with Gasteiger partial charge in [-0.15, -0.1) is 0 Å². The van der Waals surface area contributed by atoms with Gasteiger partial charge >= 0.3 is 0 Å². The number of fused-ring (bicyclic) bond motifs is 4. The molecule has 0 radical (unpaired) electrons. The van der Waals surface area contributed by atoms with Crippen LogP contribution in [0.2, 0.25) is 0 Å². The summed E-state index contributed by atoms with van der Waals surface area (Å²) in [6.07, 6.45) is 3.68. The molecule has 0 N–H and O–H groups in total. The van der Waals surface area contributed by atoms with Gasteiger partial charge in [-0.1, -0.05) is 0 Å². The lowest BCUT2D eigenvalue weighted by Gasteiger charge is -2.01. The number of hydrogen-bond donors (Lipinski definition) is 0. The Balaban J connectivity index is 2.01. The maximum Gasteiger partial charge on any atom is 0.243 e. The predicted octanol–water partition coefficient (Wildman–Crippen LogP) is 2.95. The van der Waals surface area contributed by atoms with E-state index in [1.807, 2.05) is 12.1 Å². The Morgan fingerprint density at radius 1 is 1.38 bits per heavy atom. The number of hydrogen-bond acceptors (Lipinski definition) is 4. The van der Waals surface area contributed by atoms with Crippen molar-refractivity contribution in [2.24, 2.45) is 0 Å². The van der Waals surface area contributed by atoms with Gasteiger partial charge in [-0.2, -0.15) is 0 Å². The molecule has 0 unspecified atom stereocenters. The Hall–Kier alpha value is -2.50. The summed E-state index contributed by atoms with van der Waals surface area (Å²) in [7, 11) is 0. The molecule has 1 aromatic heterocycles. The summed E-state index contributed by atoms with van der Waals surface area (Å²) in [6, 6.07) is 3.91. The highest BCUT2D eigenvalue weighted by Crippen LogP contribution is 2.41. The largest absolute Gasteiger partial charge is 0.454 e. The van der Waals surface area contributed by atoms with Crippen LogP contribution in [0.4, 0.5) is 0 Å². The summed E-state index contributed by atoms with van der Waals surface area (Å²) >= 11 is 0. The van der Waals surface area contributed by atoms with Crippen molar-refractivity contribution in [1.82, 2.24) is 4.57 Å². The van der Waals surface area contributed by atoms with E-state index in [0.717, 1.165) is 47.3 Å². The van der Waals surface area contributed by atoms with Crippen molar-refractivity contribution < 1.29 is 14.4 Å². The Morgan fingerprint density at radius 3 is 2.90 bits per heavy atom. The summed E-state index contributed by atoms with van der Waals surface area (Å²) in [5.74, 6) is 1.46. The summed E-state index contributed by atoms with van der Waals surface area (Å²) in [6.45, 7) is 2.70. The quantitative estimate of drug-likeness (QED) is 0.629. The molecule has 2 aromatic rings. The maximum absolute atomic E-state index is 10.9. The van der Waals surface area contributed by atoms with Gasteiger partial charge in [-0.05, 0) is 18.9 Å². The van der Waals surface area contributed by atoms with E-state index in [4.69, 9.17) is 9.47 Å². The molecular formula is C15H14N2O4. The van der Waals surface area contributed by atoms with Crippen LogP contribution < -0.4 is 9.47 Å². The van der Waals surface area contributed by atoms with Crippen LogP contribution in [0, 0.1) is 10.1 Å². The Kier molecular flexibility index (Phi) is 2.48.